The van der Waals surface area contributed by atoms with E-state index in [1.165, 1.54) is 9.13 Å². The number of carbonyl (C=O) groups is 2. The van der Waals surface area contributed by atoms with Crippen molar-refractivity contribution in [3.8, 4) is 0 Å². The van der Waals surface area contributed by atoms with Crippen LogP contribution in [0.15, 0.2) is 12.1 Å². The molecule has 1 N–H and O–H groups in total. The second-order valence-corrected chi connectivity index (χ2v) is 9.41. The average molecular weight is 440 g/mol. The van der Waals surface area contributed by atoms with Crippen LogP contribution in [0.2, 0.25) is 0 Å². The fourth-order valence-electron chi connectivity index (χ4n) is 4.93. The first kappa shape index (κ1) is 17.9. The predicted molar refractivity (Wildman–Crippen MR) is 103 cm³/mol. The molecule has 0 unspecified atom stereocenters. The molecule has 1 saturated carbocycles. The lowest BCUT2D eigenvalue weighted by Gasteiger charge is -2.53. The average Bonchev–Trinajstić information content (AvgIpc) is 2.49. The van der Waals surface area contributed by atoms with Crippen LogP contribution in [0, 0.1) is 14.9 Å². The summed E-state index contributed by atoms with van der Waals surface area (Å²) in [5, 5.41) is 9.84. The molecule has 3 rings (SSSR count). The molecule has 0 heterocycles. The molecule has 0 aromatic heterocycles. The highest BCUT2D eigenvalue weighted by atomic mass is 127. The van der Waals surface area contributed by atoms with Gasteiger partial charge in [-0.25, -0.2) is 0 Å². The topological polar surface area (TPSA) is 54.4 Å². The summed E-state index contributed by atoms with van der Waals surface area (Å²) in [6, 6.07) is 4.22. The SMILES string of the molecule is CC(C)c1cc2c(cc1I)[C@@]1(C)CCC[C@@](C)(C(=O)O)[C@@H]1CC2=O. The van der Waals surface area contributed by atoms with Gasteiger partial charge in [-0.2, -0.15) is 0 Å². The number of halogens is 1. The fraction of sp³-hybridized carbons (Fsp3) is 0.600. The number of carboxylic acid groups (broad SMARTS) is 1. The first-order chi connectivity index (χ1) is 11.1. The highest BCUT2D eigenvalue weighted by molar-refractivity contribution is 14.1. The van der Waals surface area contributed by atoms with Crippen molar-refractivity contribution in [2.45, 2.75) is 64.7 Å². The van der Waals surface area contributed by atoms with Crippen molar-refractivity contribution >= 4 is 34.3 Å². The Morgan fingerprint density at radius 3 is 2.54 bits per heavy atom. The third-order valence-electron chi connectivity index (χ3n) is 6.48. The minimum absolute atomic E-state index is 0.111. The highest BCUT2D eigenvalue weighted by Gasteiger charge is 2.57. The van der Waals surface area contributed by atoms with E-state index in [-0.39, 0.29) is 17.1 Å². The molecule has 24 heavy (non-hydrogen) atoms. The zero-order valence-corrected chi connectivity index (χ0v) is 16.9. The summed E-state index contributed by atoms with van der Waals surface area (Å²) >= 11 is 2.35. The molecular formula is C20H25IO3. The number of rotatable bonds is 2. The number of fused-ring (bicyclic) bond motifs is 3. The van der Waals surface area contributed by atoms with Crippen LogP contribution < -0.4 is 0 Å². The van der Waals surface area contributed by atoms with Gasteiger partial charge in [-0.05, 0) is 82.9 Å². The minimum Gasteiger partial charge on any atom is -0.481 e. The van der Waals surface area contributed by atoms with Gasteiger partial charge >= 0.3 is 5.97 Å². The molecule has 0 amide bonds. The summed E-state index contributed by atoms with van der Waals surface area (Å²) in [4.78, 5) is 24.9. The first-order valence-corrected chi connectivity index (χ1v) is 9.79. The van der Waals surface area contributed by atoms with E-state index in [1.54, 1.807) is 0 Å². The minimum atomic E-state index is -0.817. The Balaban J connectivity index is 2.21. The standard InChI is InChI=1S/C20H25IO3/c1-11(2)12-8-13-14(9-15(12)21)19(3)6-5-7-20(4,18(23)24)17(19)10-16(13)22/h8-9,11,17H,5-7,10H2,1-4H3,(H,23,24)/t17-,19-,20-/m1/s1. The van der Waals surface area contributed by atoms with E-state index in [2.05, 4.69) is 55.5 Å². The largest absolute Gasteiger partial charge is 0.481 e. The van der Waals surface area contributed by atoms with Gasteiger partial charge in [0.05, 0.1) is 5.41 Å². The fourth-order valence-corrected chi connectivity index (χ4v) is 6.02. The molecule has 4 heteroatoms. The normalized spacial score (nSPS) is 32.4. The molecule has 0 saturated heterocycles. The van der Waals surface area contributed by atoms with Crippen LogP contribution in [0.3, 0.4) is 0 Å². The molecule has 1 aromatic carbocycles. The molecule has 3 atom stereocenters. The zero-order valence-electron chi connectivity index (χ0n) is 14.8. The lowest BCUT2D eigenvalue weighted by molar-refractivity contribution is -0.156. The Hall–Kier alpha value is -0.910. The Morgan fingerprint density at radius 2 is 1.96 bits per heavy atom. The van der Waals surface area contributed by atoms with Crippen LogP contribution in [0.5, 0.6) is 0 Å². The number of carboxylic acids is 1. The molecular weight excluding hydrogens is 415 g/mol. The van der Waals surface area contributed by atoms with Crippen molar-refractivity contribution < 1.29 is 14.7 Å². The second-order valence-electron chi connectivity index (χ2n) is 8.25. The van der Waals surface area contributed by atoms with Gasteiger partial charge in [0, 0.05) is 15.6 Å². The van der Waals surface area contributed by atoms with Crippen molar-refractivity contribution in [1.29, 1.82) is 0 Å². The molecule has 0 aliphatic heterocycles. The summed E-state index contributed by atoms with van der Waals surface area (Å²) in [5.74, 6) is -0.406. The van der Waals surface area contributed by atoms with Gasteiger partial charge in [-0.3, -0.25) is 9.59 Å². The number of hydrogen-bond donors (Lipinski definition) is 1. The lowest BCUT2D eigenvalue weighted by atomic mass is 9.49. The maximum atomic E-state index is 12.9. The van der Waals surface area contributed by atoms with Gasteiger partial charge < -0.3 is 5.11 Å². The Morgan fingerprint density at radius 1 is 1.29 bits per heavy atom. The van der Waals surface area contributed by atoms with E-state index in [1.807, 2.05) is 6.92 Å². The van der Waals surface area contributed by atoms with Crippen LogP contribution in [-0.4, -0.2) is 16.9 Å². The van der Waals surface area contributed by atoms with Crippen molar-refractivity contribution in [1.82, 2.24) is 0 Å². The van der Waals surface area contributed by atoms with Crippen molar-refractivity contribution in [2.75, 3.05) is 0 Å². The number of carbonyl (C=O) groups excluding carboxylic acids is 1. The quantitative estimate of drug-likeness (QED) is 0.648. The first-order valence-electron chi connectivity index (χ1n) is 8.72. The second kappa shape index (κ2) is 5.82. The summed E-state index contributed by atoms with van der Waals surface area (Å²) in [7, 11) is 0. The molecule has 0 radical (unpaired) electrons. The molecule has 1 fully saturated rings. The molecule has 130 valence electrons. The molecule has 3 nitrogen and oxygen atoms in total. The zero-order chi connectivity index (χ0) is 17.9. The number of Topliss-reactive ketones (excluding diaryl/α,β-unsaturated/α-hetero) is 1. The van der Waals surface area contributed by atoms with Crippen LogP contribution in [0.4, 0.5) is 0 Å². The Labute approximate surface area is 157 Å². The van der Waals surface area contributed by atoms with E-state index in [4.69, 9.17) is 0 Å². The third kappa shape index (κ3) is 2.44. The van der Waals surface area contributed by atoms with Gasteiger partial charge in [0.25, 0.3) is 0 Å². The van der Waals surface area contributed by atoms with Gasteiger partial charge in [0.15, 0.2) is 5.78 Å². The molecule has 2 aliphatic rings. The maximum absolute atomic E-state index is 12.9. The van der Waals surface area contributed by atoms with E-state index in [9.17, 15) is 14.7 Å². The highest BCUT2D eigenvalue weighted by Crippen LogP contribution is 2.57. The van der Waals surface area contributed by atoms with Gasteiger partial charge in [-0.15, -0.1) is 0 Å². The molecule has 0 spiro atoms. The summed E-state index contributed by atoms with van der Waals surface area (Å²) in [5.41, 5.74) is 2.06. The summed E-state index contributed by atoms with van der Waals surface area (Å²) in [6.45, 7) is 8.30. The number of aliphatic carboxylic acids is 1. The smallest absolute Gasteiger partial charge is 0.309 e. The van der Waals surface area contributed by atoms with Crippen molar-refractivity contribution in [3.63, 3.8) is 0 Å². The van der Waals surface area contributed by atoms with E-state index in [0.717, 1.165) is 24.0 Å². The van der Waals surface area contributed by atoms with E-state index < -0.39 is 11.4 Å². The Kier molecular flexibility index (Phi) is 4.34. The molecule has 2 aliphatic carbocycles. The molecule has 0 bridgehead atoms. The number of ketones is 1. The Bertz CT molecular complexity index is 724. The van der Waals surface area contributed by atoms with Gasteiger partial charge in [0.1, 0.15) is 0 Å². The van der Waals surface area contributed by atoms with Crippen LogP contribution in [-0.2, 0) is 10.2 Å². The third-order valence-corrected chi connectivity index (χ3v) is 7.42. The lowest BCUT2D eigenvalue weighted by Crippen LogP contribution is -2.53. The van der Waals surface area contributed by atoms with Crippen molar-refractivity contribution in [2.24, 2.45) is 11.3 Å². The summed E-state index contributed by atoms with van der Waals surface area (Å²) in [6.07, 6.45) is 2.86. The van der Waals surface area contributed by atoms with Gasteiger partial charge in [-0.1, -0.05) is 27.2 Å². The van der Waals surface area contributed by atoms with E-state index >= 15 is 0 Å². The summed E-state index contributed by atoms with van der Waals surface area (Å²) < 4.78 is 1.18. The van der Waals surface area contributed by atoms with Crippen LogP contribution >= 0.6 is 22.6 Å². The van der Waals surface area contributed by atoms with E-state index in [0.29, 0.717) is 18.8 Å². The maximum Gasteiger partial charge on any atom is 0.309 e. The van der Waals surface area contributed by atoms with Crippen LogP contribution in [0.1, 0.15) is 80.8 Å². The molecule has 1 aromatic rings. The predicted octanol–water partition coefficient (Wildman–Crippen LogP) is 5.15. The van der Waals surface area contributed by atoms with Crippen molar-refractivity contribution in [3.05, 3.63) is 32.4 Å². The number of hydrogen-bond acceptors (Lipinski definition) is 2. The van der Waals surface area contributed by atoms with Gasteiger partial charge in [0.2, 0.25) is 0 Å². The monoisotopic (exact) mass is 440 g/mol. The number of benzene rings is 1. The van der Waals surface area contributed by atoms with Crippen LogP contribution in [0.25, 0.3) is 0 Å².